The zero-order chi connectivity index (χ0) is 19.0. The molecule has 0 saturated carbocycles. The van der Waals surface area contributed by atoms with E-state index in [1.807, 2.05) is 37.2 Å². The van der Waals surface area contributed by atoms with E-state index < -0.39 is 11.6 Å². The first-order valence-corrected chi connectivity index (χ1v) is 9.13. The van der Waals surface area contributed by atoms with Gasteiger partial charge in [-0.1, -0.05) is 12.1 Å². The van der Waals surface area contributed by atoms with E-state index in [1.165, 1.54) is 12.1 Å². The number of hydrogen-bond acceptors (Lipinski definition) is 3. The minimum Gasteiger partial charge on any atom is -0.378 e. The molecule has 0 spiro atoms. The van der Waals surface area contributed by atoms with Gasteiger partial charge in [-0.2, -0.15) is 5.10 Å². The fraction of sp³-hybridized carbons (Fsp3) is 0.286. The zero-order valence-corrected chi connectivity index (χ0v) is 15.5. The lowest BCUT2D eigenvalue weighted by atomic mass is 10.0. The monoisotopic (exact) mass is 368 g/mol. The maximum atomic E-state index is 14.5. The molecule has 0 amide bonds. The number of nitrogens with zero attached hydrogens (tertiary/aromatic N) is 3. The molecule has 0 saturated heterocycles. The lowest BCUT2D eigenvalue weighted by molar-refractivity contribution is 0.574. The van der Waals surface area contributed by atoms with Crippen LogP contribution < -0.4 is 10.2 Å². The van der Waals surface area contributed by atoms with Gasteiger partial charge in [-0.15, -0.1) is 0 Å². The number of rotatable bonds is 3. The van der Waals surface area contributed by atoms with Crippen molar-refractivity contribution < 1.29 is 8.78 Å². The van der Waals surface area contributed by atoms with Crippen molar-refractivity contribution in [2.45, 2.75) is 19.3 Å². The summed E-state index contributed by atoms with van der Waals surface area (Å²) in [5, 5.41) is 8.13. The summed E-state index contributed by atoms with van der Waals surface area (Å²) in [7, 11) is 3.99. The standard InChI is InChI=1S/C21H22F2N4/c1-26(2)16-7-5-6-14(12-16)20-17-8-3-4-11-24-21(17)27(25-20)19-10-9-15(22)13-18(19)23/h5-7,9-10,12-13,24H,3-4,8,11H2,1-2H3. The topological polar surface area (TPSA) is 33.1 Å². The number of fused-ring (bicyclic) bond motifs is 1. The van der Waals surface area contributed by atoms with Gasteiger partial charge < -0.3 is 10.2 Å². The molecule has 0 radical (unpaired) electrons. The van der Waals surface area contributed by atoms with E-state index in [9.17, 15) is 8.78 Å². The second kappa shape index (κ2) is 7.02. The first-order valence-electron chi connectivity index (χ1n) is 9.13. The molecule has 1 aliphatic heterocycles. The van der Waals surface area contributed by atoms with Crippen LogP contribution in [0.3, 0.4) is 0 Å². The summed E-state index contributed by atoms with van der Waals surface area (Å²) in [6.45, 7) is 0.804. The van der Waals surface area contributed by atoms with E-state index >= 15 is 0 Å². The maximum Gasteiger partial charge on any atom is 0.151 e. The number of hydrogen-bond donors (Lipinski definition) is 1. The summed E-state index contributed by atoms with van der Waals surface area (Å²) in [5.41, 5.74) is 4.23. The van der Waals surface area contributed by atoms with Crippen LogP contribution in [0.4, 0.5) is 20.3 Å². The SMILES string of the molecule is CN(C)c1cccc(-c2nn(-c3ccc(F)cc3F)c3c2CCCCN3)c1. The van der Waals surface area contributed by atoms with E-state index in [4.69, 9.17) is 5.10 Å². The third-order valence-electron chi connectivity index (χ3n) is 4.90. The highest BCUT2D eigenvalue weighted by Crippen LogP contribution is 2.35. The number of nitrogens with one attached hydrogen (secondary N) is 1. The van der Waals surface area contributed by atoms with Crippen molar-refractivity contribution >= 4 is 11.5 Å². The second-order valence-corrected chi connectivity index (χ2v) is 7.01. The van der Waals surface area contributed by atoms with Gasteiger partial charge in [0.05, 0.1) is 5.69 Å². The summed E-state index contributed by atoms with van der Waals surface area (Å²) in [4.78, 5) is 2.04. The molecule has 0 fully saturated rings. The molecule has 2 aromatic carbocycles. The Morgan fingerprint density at radius 1 is 1.07 bits per heavy atom. The van der Waals surface area contributed by atoms with Gasteiger partial charge in [0.1, 0.15) is 17.3 Å². The van der Waals surface area contributed by atoms with Crippen LogP contribution in [0.2, 0.25) is 0 Å². The summed E-state index contributed by atoms with van der Waals surface area (Å²) < 4.78 is 29.4. The highest BCUT2D eigenvalue weighted by molar-refractivity contribution is 5.74. The van der Waals surface area contributed by atoms with E-state index in [0.717, 1.165) is 60.2 Å². The molecule has 3 aromatic rings. The summed E-state index contributed by atoms with van der Waals surface area (Å²) >= 11 is 0. The molecular formula is C21H22F2N4. The third-order valence-corrected chi connectivity index (χ3v) is 4.90. The van der Waals surface area contributed by atoms with Crippen molar-refractivity contribution in [3.8, 4) is 16.9 Å². The van der Waals surface area contributed by atoms with E-state index in [1.54, 1.807) is 4.68 Å². The predicted octanol–water partition coefficient (Wildman–Crippen LogP) is 4.63. The predicted molar refractivity (Wildman–Crippen MR) is 105 cm³/mol. The molecule has 2 heterocycles. The Hall–Kier alpha value is -2.89. The van der Waals surface area contributed by atoms with Crippen molar-refractivity contribution in [3.05, 3.63) is 59.7 Å². The minimum absolute atomic E-state index is 0.247. The smallest absolute Gasteiger partial charge is 0.151 e. The Morgan fingerprint density at radius 3 is 2.70 bits per heavy atom. The van der Waals surface area contributed by atoms with Gasteiger partial charge in [-0.25, -0.2) is 13.5 Å². The number of halogens is 2. The molecule has 0 bridgehead atoms. The first-order chi connectivity index (χ1) is 13.0. The number of benzene rings is 2. The Bertz CT molecular complexity index is 978. The highest BCUT2D eigenvalue weighted by atomic mass is 19.1. The molecule has 27 heavy (non-hydrogen) atoms. The van der Waals surface area contributed by atoms with Crippen LogP contribution in [0.1, 0.15) is 18.4 Å². The van der Waals surface area contributed by atoms with Gasteiger partial charge in [0.15, 0.2) is 5.82 Å². The van der Waals surface area contributed by atoms with Crippen LogP contribution in [0.5, 0.6) is 0 Å². The van der Waals surface area contributed by atoms with Gasteiger partial charge >= 0.3 is 0 Å². The van der Waals surface area contributed by atoms with Crippen LogP contribution in [-0.4, -0.2) is 30.4 Å². The van der Waals surface area contributed by atoms with Crippen molar-refractivity contribution in [2.75, 3.05) is 30.9 Å². The van der Waals surface area contributed by atoms with Crippen molar-refractivity contribution in [1.29, 1.82) is 0 Å². The van der Waals surface area contributed by atoms with E-state index in [2.05, 4.69) is 11.4 Å². The minimum atomic E-state index is -0.625. The lowest BCUT2D eigenvalue weighted by Gasteiger charge is -2.13. The van der Waals surface area contributed by atoms with Crippen LogP contribution in [0, 0.1) is 11.6 Å². The van der Waals surface area contributed by atoms with E-state index in [0.29, 0.717) is 0 Å². The normalized spacial score (nSPS) is 13.6. The molecule has 140 valence electrons. The van der Waals surface area contributed by atoms with Crippen molar-refractivity contribution in [1.82, 2.24) is 9.78 Å². The molecule has 6 heteroatoms. The Kier molecular flexibility index (Phi) is 4.56. The molecule has 4 nitrogen and oxygen atoms in total. The second-order valence-electron chi connectivity index (χ2n) is 7.01. The molecule has 4 rings (SSSR count). The zero-order valence-electron chi connectivity index (χ0n) is 15.5. The number of anilines is 2. The lowest BCUT2D eigenvalue weighted by Crippen LogP contribution is -2.08. The van der Waals surface area contributed by atoms with Crippen LogP contribution >= 0.6 is 0 Å². The average Bonchev–Trinajstić information content (AvgIpc) is 2.83. The number of aromatic nitrogens is 2. The fourth-order valence-electron chi connectivity index (χ4n) is 3.49. The molecule has 1 aliphatic rings. The Morgan fingerprint density at radius 2 is 1.93 bits per heavy atom. The van der Waals surface area contributed by atoms with Crippen molar-refractivity contribution in [3.63, 3.8) is 0 Å². The third kappa shape index (κ3) is 3.27. The summed E-state index contributed by atoms with van der Waals surface area (Å²) in [6, 6.07) is 11.7. The van der Waals surface area contributed by atoms with Gasteiger partial charge in [0.2, 0.25) is 0 Å². The van der Waals surface area contributed by atoms with Crippen molar-refractivity contribution in [2.24, 2.45) is 0 Å². The largest absolute Gasteiger partial charge is 0.378 e. The first kappa shape index (κ1) is 17.5. The molecule has 1 N–H and O–H groups in total. The van der Waals surface area contributed by atoms with Crippen LogP contribution in [0.15, 0.2) is 42.5 Å². The van der Waals surface area contributed by atoms with Gasteiger partial charge in [-0.3, -0.25) is 0 Å². The Labute approximate surface area is 157 Å². The molecule has 0 unspecified atom stereocenters. The molecule has 1 aromatic heterocycles. The fourth-order valence-corrected chi connectivity index (χ4v) is 3.49. The van der Waals surface area contributed by atoms with Crippen LogP contribution in [0.25, 0.3) is 16.9 Å². The molecule has 0 atom stereocenters. The van der Waals surface area contributed by atoms with Gasteiger partial charge in [0, 0.05) is 43.5 Å². The van der Waals surface area contributed by atoms with Gasteiger partial charge in [-0.05, 0) is 43.5 Å². The summed E-state index contributed by atoms with van der Waals surface area (Å²) in [6.07, 6.45) is 2.95. The maximum absolute atomic E-state index is 14.5. The average molecular weight is 368 g/mol. The highest BCUT2D eigenvalue weighted by Gasteiger charge is 2.23. The molecule has 0 aliphatic carbocycles. The van der Waals surface area contributed by atoms with E-state index in [-0.39, 0.29) is 5.69 Å². The summed E-state index contributed by atoms with van der Waals surface area (Å²) in [5.74, 6) is -0.426. The quantitative estimate of drug-likeness (QED) is 0.732. The Balaban J connectivity index is 1.91. The van der Waals surface area contributed by atoms with Gasteiger partial charge in [0.25, 0.3) is 0 Å². The molecular weight excluding hydrogens is 346 g/mol. The van der Waals surface area contributed by atoms with Crippen LogP contribution in [-0.2, 0) is 6.42 Å².